The summed E-state index contributed by atoms with van der Waals surface area (Å²) in [6, 6.07) is 4.76. The highest BCUT2D eigenvalue weighted by Crippen LogP contribution is 2.32. The molecular formula is C13H12ClFN2. The van der Waals surface area contributed by atoms with Crippen molar-refractivity contribution in [2.24, 2.45) is 0 Å². The molecule has 2 rings (SSSR count). The Kier molecular flexibility index (Phi) is 3.03. The minimum absolute atomic E-state index is 0.316. The normalized spacial score (nSPS) is 10.6. The molecule has 0 amide bonds. The van der Waals surface area contributed by atoms with Crippen LogP contribution in [0.2, 0.25) is 5.02 Å². The van der Waals surface area contributed by atoms with Crippen LogP contribution < -0.4 is 5.73 Å². The van der Waals surface area contributed by atoms with E-state index in [2.05, 4.69) is 4.98 Å². The molecule has 17 heavy (non-hydrogen) atoms. The van der Waals surface area contributed by atoms with E-state index in [0.29, 0.717) is 27.5 Å². The van der Waals surface area contributed by atoms with Crippen LogP contribution in [0.3, 0.4) is 0 Å². The van der Waals surface area contributed by atoms with Gasteiger partial charge in [0.15, 0.2) is 0 Å². The fourth-order valence-electron chi connectivity index (χ4n) is 1.66. The van der Waals surface area contributed by atoms with Crippen LogP contribution in [0.1, 0.15) is 11.1 Å². The van der Waals surface area contributed by atoms with Crippen LogP contribution in [0.25, 0.3) is 11.3 Å². The van der Waals surface area contributed by atoms with E-state index in [4.69, 9.17) is 17.3 Å². The Morgan fingerprint density at radius 2 is 1.94 bits per heavy atom. The number of benzene rings is 1. The summed E-state index contributed by atoms with van der Waals surface area (Å²) in [5.74, 6) is -0.329. The van der Waals surface area contributed by atoms with Crippen LogP contribution in [0.15, 0.2) is 24.4 Å². The van der Waals surface area contributed by atoms with Crippen molar-refractivity contribution in [3.63, 3.8) is 0 Å². The first-order valence-electron chi connectivity index (χ1n) is 5.17. The van der Waals surface area contributed by atoms with Crippen LogP contribution in [-0.4, -0.2) is 4.98 Å². The summed E-state index contributed by atoms with van der Waals surface area (Å²) in [5.41, 5.74) is 9.17. The third-order valence-corrected chi connectivity index (χ3v) is 2.87. The molecule has 1 aromatic carbocycles. The Labute approximate surface area is 104 Å². The molecule has 0 aliphatic carbocycles. The van der Waals surface area contributed by atoms with Crippen molar-refractivity contribution in [2.75, 3.05) is 5.73 Å². The number of anilines is 1. The molecule has 1 heterocycles. The van der Waals surface area contributed by atoms with Crippen LogP contribution >= 0.6 is 11.6 Å². The van der Waals surface area contributed by atoms with Gasteiger partial charge in [-0.2, -0.15) is 0 Å². The van der Waals surface area contributed by atoms with Crippen molar-refractivity contribution in [2.45, 2.75) is 13.8 Å². The predicted molar refractivity (Wildman–Crippen MR) is 68.5 cm³/mol. The highest BCUT2D eigenvalue weighted by Gasteiger charge is 2.11. The minimum atomic E-state index is -0.329. The number of hydrogen-bond donors (Lipinski definition) is 1. The van der Waals surface area contributed by atoms with Gasteiger partial charge in [0.25, 0.3) is 0 Å². The largest absolute Gasteiger partial charge is 0.397 e. The highest BCUT2D eigenvalue weighted by atomic mass is 35.5. The first-order chi connectivity index (χ1) is 7.99. The molecule has 0 atom stereocenters. The average molecular weight is 251 g/mol. The van der Waals surface area contributed by atoms with Crippen molar-refractivity contribution >= 4 is 17.3 Å². The average Bonchev–Trinajstić information content (AvgIpc) is 2.24. The summed E-state index contributed by atoms with van der Waals surface area (Å²) in [5, 5.41) is 0.316. The first kappa shape index (κ1) is 11.9. The van der Waals surface area contributed by atoms with E-state index in [1.54, 1.807) is 19.2 Å². The number of nitrogens with two attached hydrogens (primary N) is 1. The summed E-state index contributed by atoms with van der Waals surface area (Å²) < 4.78 is 13.3. The summed E-state index contributed by atoms with van der Waals surface area (Å²) in [4.78, 5) is 4.25. The van der Waals surface area contributed by atoms with Gasteiger partial charge >= 0.3 is 0 Å². The molecule has 0 radical (unpaired) electrons. The fourth-order valence-corrected chi connectivity index (χ4v) is 1.90. The summed E-state index contributed by atoms with van der Waals surface area (Å²) in [6.45, 7) is 3.59. The summed E-state index contributed by atoms with van der Waals surface area (Å²) in [7, 11) is 0. The molecule has 0 unspecified atom stereocenters. The number of aromatic nitrogens is 1. The molecule has 2 nitrogen and oxygen atoms in total. The first-order valence-corrected chi connectivity index (χ1v) is 5.55. The van der Waals surface area contributed by atoms with E-state index < -0.39 is 0 Å². The lowest BCUT2D eigenvalue weighted by Gasteiger charge is -2.09. The molecule has 1 aromatic heterocycles. The molecule has 0 saturated carbocycles. The van der Waals surface area contributed by atoms with Crippen molar-refractivity contribution in [3.05, 3.63) is 46.4 Å². The number of aryl methyl sites for hydroxylation is 2. The zero-order valence-corrected chi connectivity index (χ0v) is 10.3. The summed E-state index contributed by atoms with van der Waals surface area (Å²) >= 11 is 6.01. The van der Waals surface area contributed by atoms with Gasteiger partial charge in [-0.05, 0) is 43.2 Å². The van der Waals surface area contributed by atoms with Crippen molar-refractivity contribution in [1.82, 2.24) is 4.98 Å². The lowest BCUT2D eigenvalue weighted by atomic mass is 10.1. The maximum Gasteiger partial charge on any atom is 0.127 e. The maximum absolute atomic E-state index is 13.3. The molecule has 4 heteroatoms. The zero-order valence-electron chi connectivity index (χ0n) is 9.59. The highest BCUT2D eigenvalue weighted by molar-refractivity contribution is 6.33. The topological polar surface area (TPSA) is 38.9 Å². The number of hydrogen-bond acceptors (Lipinski definition) is 2. The van der Waals surface area contributed by atoms with E-state index in [1.807, 2.05) is 13.0 Å². The van der Waals surface area contributed by atoms with Gasteiger partial charge < -0.3 is 5.73 Å². The molecule has 0 aliphatic rings. The number of nitrogen functional groups attached to an aromatic ring is 1. The van der Waals surface area contributed by atoms with Crippen molar-refractivity contribution < 1.29 is 4.39 Å². The smallest absolute Gasteiger partial charge is 0.127 e. The predicted octanol–water partition coefficient (Wildman–Crippen LogP) is 3.74. The van der Waals surface area contributed by atoms with Gasteiger partial charge in [-0.15, -0.1) is 0 Å². The quantitative estimate of drug-likeness (QED) is 0.837. The Bertz CT molecular complexity index is 582. The molecule has 0 fully saturated rings. The van der Waals surface area contributed by atoms with Crippen molar-refractivity contribution in [3.8, 4) is 11.3 Å². The number of pyridine rings is 1. The van der Waals surface area contributed by atoms with Gasteiger partial charge in [0, 0.05) is 11.8 Å². The van der Waals surface area contributed by atoms with E-state index >= 15 is 0 Å². The van der Waals surface area contributed by atoms with Gasteiger partial charge in [0.2, 0.25) is 0 Å². The van der Waals surface area contributed by atoms with Crippen LogP contribution in [0.5, 0.6) is 0 Å². The maximum atomic E-state index is 13.3. The molecule has 0 spiro atoms. The van der Waals surface area contributed by atoms with Crippen molar-refractivity contribution in [1.29, 1.82) is 0 Å². The molecule has 2 N–H and O–H groups in total. The SMILES string of the molecule is Cc1cnc(-c2cc(C)c(F)cc2Cl)c(N)c1. The lowest BCUT2D eigenvalue weighted by molar-refractivity contribution is 0.619. The van der Waals surface area contributed by atoms with Gasteiger partial charge in [-0.25, -0.2) is 4.39 Å². The molecular weight excluding hydrogens is 239 g/mol. The monoisotopic (exact) mass is 250 g/mol. The van der Waals surface area contributed by atoms with Gasteiger partial charge in [0.1, 0.15) is 5.82 Å². The Morgan fingerprint density at radius 3 is 2.59 bits per heavy atom. The molecule has 0 saturated heterocycles. The molecule has 0 bridgehead atoms. The third-order valence-electron chi connectivity index (χ3n) is 2.56. The molecule has 2 aromatic rings. The second kappa shape index (κ2) is 4.34. The third kappa shape index (κ3) is 2.24. The Morgan fingerprint density at radius 1 is 1.24 bits per heavy atom. The van der Waals surface area contributed by atoms with E-state index in [9.17, 15) is 4.39 Å². The van der Waals surface area contributed by atoms with Gasteiger partial charge in [0.05, 0.1) is 16.4 Å². The van der Waals surface area contributed by atoms with E-state index in [1.165, 1.54) is 6.07 Å². The second-order valence-corrected chi connectivity index (χ2v) is 4.44. The van der Waals surface area contributed by atoms with E-state index in [-0.39, 0.29) is 5.82 Å². The fraction of sp³-hybridized carbons (Fsp3) is 0.154. The van der Waals surface area contributed by atoms with Crippen LogP contribution in [0, 0.1) is 19.7 Å². The Balaban J connectivity index is 2.64. The number of rotatable bonds is 1. The minimum Gasteiger partial charge on any atom is -0.397 e. The summed E-state index contributed by atoms with van der Waals surface area (Å²) in [6.07, 6.45) is 1.71. The zero-order chi connectivity index (χ0) is 12.6. The molecule has 88 valence electrons. The number of halogens is 2. The van der Waals surface area contributed by atoms with Crippen LogP contribution in [0.4, 0.5) is 10.1 Å². The Hall–Kier alpha value is -1.61. The van der Waals surface area contributed by atoms with Gasteiger partial charge in [-0.3, -0.25) is 4.98 Å². The molecule has 0 aliphatic heterocycles. The standard InChI is InChI=1S/C13H12ClFN2/c1-7-3-12(16)13(17-6-7)9-4-8(2)11(15)5-10(9)14/h3-6H,16H2,1-2H3. The second-order valence-electron chi connectivity index (χ2n) is 4.03. The lowest BCUT2D eigenvalue weighted by Crippen LogP contribution is -1.96. The van der Waals surface area contributed by atoms with Crippen LogP contribution in [-0.2, 0) is 0 Å². The van der Waals surface area contributed by atoms with Gasteiger partial charge in [-0.1, -0.05) is 11.6 Å². The van der Waals surface area contributed by atoms with E-state index in [0.717, 1.165) is 5.56 Å². The number of nitrogens with zero attached hydrogens (tertiary/aromatic N) is 1.